The lowest BCUT2D eigenvalue weighted by atomic mass is 10.3. The topological polar surface area (TPSA) is 9.23 Å². The minimum atomic E-state index is 0.563. The fourth-order valence-corrected chi connectivity index (χ4v) is 1.72. The van der Waals surface area contributed by atoms with Gasteiger partial charge < -0.3 is 4.74 Å². The molecule has 0 spiro atoms. The Bertz CT molecular complexity index is 289. The van der Waals surface area contributed by atoms with Crippen molar-refractivity contribution in [1.29, 1.82) is 0 Å². The Balaban J connectivity index is 3.14. The van der Waals surface area contributed by atoms with Gasteiger partial charge in [0.15, 0.2) is 5.75 Å². The van der Waals surface area contributed by atoms with E-state index in [0.29, 0.717) is 26.9 Å². The van der Waals surface area contributed by atoms with E-state index in [1.807, 2.05) is 6.92 Å². The molecule has 1 aromatic rings. The lowest BCUT2D eigenvalue weighted by Gasteiger charge is -2.08. The highest BCUT2D eigenvalue weighted by molar-refractivity contribution is 9.10. The van der Waals surface area contributed by atoms with Crippen LogP contribution in [0.4, 0.5) is 0 Å². The first-order valence-electron chi connectivity index (χ1n) is 3.43. The van der Waals surface area contributed by atoms with Crippen molar-refractivity contribution >= 4 is 39.1 Å². The SMILES string of the molecule is CCOc1c(Cl)ccc(Cl)c1Br. The van der Waals surface area contributed by atoms with Gasteiger partial charge in [0.05, 0.1) is 21.1 Å². The third-order valence-corrected chi connectivity index (χ3v) is 2.92. The van der Waals surface area contributed by atoms with E-state index in [9.17, 15) is 0 Å². The van der Waals surface area contributed by atoms with Crippen LogP contribution in [0.5, 0.6) is 5.75 Å². The maximum atomic E-state index is 5.87. The molecule has 0 unspecified atom stereocenters. The summed E-state index contributed by atoms with van der Waals surface area (Å²) in [6, 6.07) is 3.43. The van der Waals surface area contributed by atoms with Crippen molar-refractivity contribution in [2.75, 3.05) is 6.61 Å². The Hall–Kier alpha value is 0.0800. The second-order valence-corrected chi connectivity index (χ2v) is 3.71. The zero-order chi connectivity index (χ0) is 9.14. The van der Waals surface area contributed by atoms with Crippen molar-refractivity contribution in [3.63, 3.8) is 0 Å². The molecule has 0 aliphatic heterocycles. The normalized spacial score (nSPS) is 10.0. The van der Waals surface area contributed by atoms with E-state index in [1.54, 1.807) is 12.1 Å². The van der Waals surface area contributed by atoms with Gasteiger partial charge in [0.2, 0.25) is 0 Å². The van der Waals surface area contributed by atoms with Gasteiger partial charge in [-0.2, -0.15) is 0 Å². The molecule has 0 heterocycles. The predicted octanol–water partition coefficient (Wildman–Crippen LogP) is 4.15. The first-order chi connectivity index (χ1) is 5.66. The van der Waals surface area contributed by atoms with Crippen LogP contribution in [0.1, 0.15) is 6.92 Å². The van der Waals surface area contributed by atoms with Gasteiger partial charge in [0, 0.05) is 0 Å². The fourth-order valence-electron chi connectivity index (χ4n) is 0.785. The van der Waals surface area contributed by atoms with Gasteiger partial charge in [0.1, 0.15) is 0 Å². The lowest BCUT2D eigenvalue weighted by molar-refractivity contribution is 0.338. The van der Waals surface area contributed by atoms with Gasteiger partial charge in [-0.1, -0.05) is 23.2 Å². The summed E-state index contributed by atoms with van der Waals surface area (Å²) in [5.74, 6) is 0.603. The molecule has 0 saturated carbocycles. The molecular weight excluding hydrogens is 263 g/mol. The molecule has 0 atom stereocenters. The summed E-state index contributed by atoms with van der Waals surface area (Å²) in [5, 5.41) is 1.16. The molecule has 0 radical (unpaired) electrons. The molecule has 0 bridgehead atoms. The van der Waals surface area contributed by atoms with E-state index in [0.717, 1.165) is 0 Å². The van der Waals surface area contributed by atoms with Crippen LogP contribution in [-0.4, -0.2) is 6.61 Å². The molecule has 0 saturated heterocycles. The largest absolute Gasteiger partial charge is 0.491 e. The summed E-state index contributed by atoms with van der Waals surface area (Å²) < 4.78 is 5.99. The van der Waals surface area contributed by atoms with Crippen LogP contribution in [0, 0.1) is 0 Å². The molecule has 0 fully saturated rings. The van der Waals surface area contributed by atoms with Crippen molar-refractivity contribution < 1.29 is 4.74 Å². The van der Waals surface area contributed by atoms with Crippen LogP contribution in [0.15, 0.2) is 16.6 Å². The Labute approximate surface area is 89.7 Å². The van der Waals surface area contributed by atoms with E-state index < -0.39 is 0 Å². The number of ether oxygens (including phenoxy) is 1. The number of hydrogen-bond donors (Lipinski definition) is 0. The van der Waals surface area contributed by atoms with E-state index in [-0.39, 0.29) is 0 Å². The lowest BCUT2D eigenvalue weighted by Crippen LogP contribution is -1.93. The predicted molar refractivity (Wildman–Crippen MR) is 55.3 cm³/mol. The average Bonchev–Trinajstić information content (AvgIpc) is 2.06. The smallest absolute Gasteiger partial charge is 0.153 e. The molecule has 66 valence electrons. The first kappa shape index (κ1) is 10.2. The van der Waals surface area contributed by atoms with Crippen LogP contribution >= 0.6 is 39.1 Å². The summed E-state index contributed by atoms with van der Waals surface area (Å²) in [5.41, 5.74) is 0. The van der Waals surface area contributed by atoms with Crippen LogP contribution in [0.2, 0.25) is 10.0 Å². The molecule has 0 aliphatic rings. The molecule has 0 amide bonds. The molecule has 1 nitrogen and oxygen atoms in total. The van der Waals surface area contributed by atoms with Crippen molar-refractivity contribution in [2.45, 2.75) is 6.92 Å². The first-order valence-corrected chi connectivity index (χ1v) is 4.98. The quantitative estimate of drug-likeness (QED) is 0.733. The maximum Gasteiger partial charge on any atom is 0.153 e. The van der Waals surface area contributed by atoms with Gasteiger partial charge in [-0.3, -0.25) is 0 Å². The number of rotatable bonds is 2. The third-order valence-electron chi connectivity index (χ3n) is 1.29. The minimum absolute atomic E-state index is 0.563. The van der Waals surface area contributed by atoms with Crippen molar-refractivity contribution in [2.24, 2.45) is 0 Å². The van der Waals surface area contributed by atoms with E-state index in [1.165, 1.54) is 0 Å². The summed E-state index contributed by atoms with van der Waals surface area (Å²) in [4.78, 5) is 0. The van der Waals surface area contributed by atoms with Crippen molar-refractivity contribution in [3.8, 4) is 5.75 Å². The number of benzene rings is 1. The summed E-state index contributed by atoms with van der Waals surface area (Å²) in [6.07, 6.45) is 0. The number of hydrogen-bond acceptors (Lipinski definition) is 1. The molecular formula is C8H7BrCl2O. The molecule has 4 heteroatoms. The second kappa shape index (κ2) is 4.35. The Morgan fingerprint density at radius 2 is 1.92 bits per heavy atom. The zero-order valence-corrected chi connectivity index (χ0v) is 9.50. The molecule has 0 N–H and O–H groups in total. The zero-order valence-electron chi connectivity index (χ0n) is 6.40. The monoisotopic (exact) mass is 268 g/mol. The molecule has 1 aromatic carbocycles. The van der Waals surface area contributed by atoms with E-state index in [2.05, 4.69) is 15.9 Å². The summed E-state index contributed by atoms with van der Waals surface area (Å²) in [7, 11) is 0. The van der Waals surface area contributed by atoms with Crippen molar-refractivity contribution in [3.05, 3.63) is 26.7 Å². The van der Waals surface area contributed by atoms with E-state index in [4.69, 9.17) is 27.9 Å². The van der Waals surface area contributed by atoms with Gasteiger partial charge in [-0.25, -0.2) is 0 Å². The van der Waals surface area contributed by atoms with E-state index >= 15 is 0 Å². The third kappa shape index (κ3) is 2.06. The number of halogens is 3. The Morgan fingerprint density at radius 1 is 1.33 bits per heavy atom. The van der Waals surface area contributed by atoms with Gasteiger partial charge >= 0.3 is 0 Å². The van der Waals surface area contributed by atoms with Gasteiger partial charge in [-0.05, 0) is 35.0 Å². The maximum absolute atomic E-state index is 5.87. The standard InChI is InChI=1S/C8H7BrCl2O/c1-2-12-8-6(11)4-3-5(10)7(8)9/h3-4H,2H2,1H3. The molecule has 12 heavy (non-hydrogen) atoms. The Morgan fingerprint density at radius 3 is 2.50 bits per heavy atom. The molecule has 0 aliphatic carbocycles. The Kier molecular flexibility index (Phi) is 3.69. The summed E-state index contributed by atoms with van der Waals surface area (Å²) >= 11 is 15.0. The van der Waals surface area contributed by atoms with Crippen LogP contribution in [-0.2, 0) is 0 Å². The fraction of sp³-hybridized carbons (Fsp3) is 0.250. The van der Waals surface area contributed by atoms with Crippen LogP contribution < -0.4 is 4.74 Å². The molecule has 0 aromatic heterocycles. The highest BCUT2D eigenvalue weighted by Crippen LogP contribution is 2.38. The highest BCUT2D eigenvalue weighted by atomic mass is 79.9. The second-order valence-electron chi connectivity index (χ2n) is 2.11. The average molecular weight is 270 g/mol. The minimum Gasteiger partial charge on any atom is -0.491 e. The highest BCUT2D eigenvalue weighted by Gasteiger charge is 2.09. The molecule has 1 rings (SSSR count). The van der Waals surface area contributed by atoms with Crippen LogP contribution in [0.3, 0.4) is 0 Å². The van der Waals surface area contributed by atoms with Crippen LogP contribution in [0.25, 0.3) is 0 Å². The van der Waals surface area contributed by atoms with Crippen molar-refractivity contribution in [1.82, 2.24) is 0 Å². The summed E-state index contributed by atoms with van der Waals surface area (Å²) in [6.45, 7) is 2.46. The van der Waals surface area contributed by atoms with Gasteiger partial charge in [0.25, 0.3) is 0 Å². The van der Waals surface area contributed by atoms with Gasteiger partial charge in [-0.15, -0.1) is 0 Å².